The van der Waals surface area contributed by atoms with Crippen LogP contribution in [0.15, 0.2) is 76.5 Å². The maximum atomic E-state index is 13.2. The average molecular weight is 456 g/mol. The lowest BCUT2D eigenvalue weighted by Crippen LogP contribution is -2.28. The van der Waals surface area contributed by atoms with Crippen LogP contribution in [0, 0.1) is 18.3 Å². The number of anilines is 1. The molecule has 1 unspecified atom stereocenters. The summed E-state index contributed by atoms with van der Waals surface area (Å²) in [4.78, 5) is 15.0. The van der Waals surface area contributed by atoms with Crippen LogP contribution in [0.3, 0.4) is 0 Å². The Hall–Kier alpha value is -3.83. The first kappa shape index (κ1) is 21.0. The summed E-state index contributed by atoms with van der Waals surface area (Å²) in [5.74, 6) is 1.58. The van der Waals surface area contributed by atoms with E-state index in [-0.39, 0.29) is 11.2 Å². The Kier molecular flexibility index (Phi) is 5.71. The number of aryl methyl sites for hydroxylation is 1. The molecule has 8 heteroatoms. The van der Waals surface area contributed by atoms with Crippen LogP contribution < -0.4 is 4.90 Å². The molecule has 7 nitrogen and oxygen atoms in total. The number of carbonyl (C=O) groups excluding carboxylic acids is 1. The second kappa shape index (κ2) is 8.96. The third kappa shape index (κ3) is 4.15. The number of aromatic nitrogens is 3. The Bertz CT molecular complexity index is 1320. The minimum Gasteiger partial charge on any atom is -0.467 e. The number of thioether (sulfide) groups is 1. The molecule has 0 spiro atoms. The minimum absolute atomic E-state index is 0.0368. The molecular weight excluding hydrogens is 434 g/mol. The maximum absolute atomic E-state index is 13.2. The van der Waals surface area contributed by atoms with Crippen molar-refractivity contribution < 1.29 is 9.21 Å². The van der Waals surface area contributed by atoms with Crippen LogP contribution in [0.5, 0.6) is 0 Å². The first-order valence-corrected chi connectivity index (χ1v) is 11.5. The SMILES string of the molecule is Cc1ccccc1-c1nnc(SC2CCN(c3ccc(C#N)cc3)C2=O)n1Cc1ccco1. The van der Waals surface area contributed by atoms with Crippen molar-refractivity contribution in [2.45, 2.75) is 30.3 Å². The summed E-state index contributed by atoms with van der Waals surface area (Å²) < 4.78 is 7.60. The van der Waals surface area contributed by atoms with Crippen molar-refractivity contribution in [1.29, 1.82) is 5.26 Å². The Morgan fingerprint density at radius 3 is 2.67 bits per heavy atom. The van der Waals surface area contributed by atoms with Gasteiger partial charge in [0.05, 0.1) is 29.7 Å². The molecule has 1 saturated heterocycles. The molecule has 1 amide bonds. The van der Waals surface area contributed by atoms with Crippen LogP contribution in [-0.4, -0.2) is 32.5 Å². The van der Waals surface area contributed by atoms with Crippen molar-refractivity contribution in [3.8, 4) is 17.5 Å². The van der Waals surface area contributed by atoms with Gasteiger partial charge in [-0.1, -0.05) is 36.0 Å². The number of hydrogen-bond acceptors (Lipinski definition) is 6. The van der Waals surface area contributed by atoms with Gasteiger partial charge < -0.3 is 9.32 Å². The van der Waals surface area contributed by atoms with Gasteiger partial charge in [-0.15, -0.1) is 10.2 Å². The summed E-state index contributed by atoms with van der Waals surface area (Å²) >= 11 is 1.44. The molecule has 5 rings (SSSR count). The molecule has 33 heavy (non-hydrogen) atoms. The van der Waals surface area contributed by atoms with E-state index in [2.05, 4.69) is 16.3 Å². The molecule has 0 N–H and O–H groups in total. The van der Waals surface area contributed by atoms with Gasteiger partial charge in [0.2, 0.25) is 5.91 Å². The third-order valence-electron chi connectivity index (χ3n) is 5.71. The van der Waals surface area contributed by atoms with Crippen molar-refractivity contribution in [2.24, 2.45) is 0 Å². The van der Waals surface area contributed by atoms with E-state index in [1.807, 2.05) is 60.0 Å². The summed E-state index contributed by atoms with van der Waals surface area (Å²) in [6.07, 6.45) is 2.35. The predicted molar refractivity (Wildman–Crippen MR) is 126 cm³/mol. The normalized spacial score (nSPS) is 15.7. The highest BCUT2D eigenvalue weighted by atomic mass is 32.2. The first-order valence-electron chi connectivity index (χ1n) is 10.6. The molecule has 1 atom stereocenters. The van der Waals surface area contributed by atoms with Gasteiger partial charge in [0.25, 0.3) is 0 Å². The molecule has 1 aliphatic rings. The highest BCUT2D eigenvalue weighted by Gasteiger charge is 2.35. The van der Waals surface area contributed by atoms with Crippen LogP contribution in [0.1, 0.15) is 23.3 Å². The Morgan fingerprint density at radius 1 is 1.12 bits per heavy atom. The Balaban J connectivity index is 1.43. The van der Waals surface area contributed by atoms with Crippen LogP contribution in [-0.2, 0) is 11.3 Å². The highest BCUT2D eigenvalue weighted by Crippen LogP contribution is 2.35. The topological polar surface area (TPSA) is 88.0 Å². The standard InChI is InChI=1S/C25H21N5O2S/c1-17-5-2-3-7-21(17)23-27-28-25(30(23)16-20-6-4-14-32-20)33-22-12-13-29(24(22)31)19-10-8-18(15-26)9-11-19/h2-11,14,22H,12-13,16H2,1H3. The van der Waals surface area contributed by atoms with Crippen LogP contribution >= 0.6 is 11.8 Å². The van der Waals surface area contributed by atoms with Gasteiger partial charge in [-0.25, -0.2) is 0 Å². The smallest absolute Gasteiger partial charge is 0.240 e. The number of benzene rings is 2. The fraction of sp³-hybridized carbons (Fsp3) is 0.200. The molecule has 0 aliphatic carbocycles. The zero-order valence-corrected chi connectivity index (χ0v) is 18.8. The van der Waals surface area contributed by atoms with Crippen molar-refractivity contribution >= 4 is 23.4 Å². The van der Waals surface area contributed by atoms with E-state index < -0.39 is 0 Å². The molecule has 0 saturated carbocycles. The monoisotopic (exact) mass is 455 g/mol. The van der Waals surface area contributed by atoms with Crippen molar-refractivity contribution in [1.82, 2.24) is 14.8 Å². The van der Waals surface area contributed by atoms with E-state index in [1.165, 1.54) is 11.8 Å². The number of carbonyl (C=O) groups is 1. The van der Waals surface area contributed by atoms with E-state index in [0.29, 0.717) is 30.2 Å². The van der Waals surface area contributed by atoms with Crippen molar-refractivity contribution in [3.05, 3.63) is 83.8 Å². The number of rotatable bonds is 6. The molecule has 1 aliphatic heterocycles. The van der Waals surface area contributed by atoms with Gasteiger partial charge in [-0.3, -0.25) is 9.36 Å². The number of nitriles is 1. The second-order valence-corrected chi connectivity index (χ2v) is 9.00. The van der Waals surface area contributed by atoms with Crippen LogP contribution in [0.4, 0.5) is 5.69 Å². The predicted octanol–water partition coefficient (Wildman–Crippen LogP) is 4.66. The fourth-order valence-electron chi connectivity index (χ4n) is 3.96. The van der Waals surface area contributed by atoms with Crippen LogP contribution in [0.2, 0.25) is 0 Å². The van der Waals surface area contributed by atoms with Gasteiger partial charge in [0, 0.05) is 17.8 Å². The molecule has 164 valence electrons. The van der Waals surface area contributed by atoms with E-state index >= 15 is 0 Å². The van der Waals surface area contributed by atoms with E-state index in [1.54, 1.807) is 23.3 Å². The summed E-state index contributed by atoms with van der Waals surface area (Å²) in [6.45, 7) is 3.15. The third-order valence-corrected chi connectivity index (χ3v) is 6.94. The molecule has 2 aromatic carbocycles. The lowest BCUT2D eigenvalue weighted by Gasteiger charge is -2.17. The Labute approximate surface area is 195 Å². The van der Waals surface area contributed by atoms with Crippen molar-refractivity contribution in [2.75, 3.05) is 11.4 Å². The highest BCUT2D eigenvalue weighted by molar-refractivity contribution is 8.00. The van der Waals surface area contributed by atoms with E-state index in [9.17, 15) is 4.79 Å². The lowest BCUT2D eigenvalue weighted by molar-refractivity contribution is -0.116. The number of furan rings is 1. The summed E-state index contributed by atoms with van der Waals surface area (Å²) in [5, 5.41) is 18.4. The summed E-state index contributed by atoms with van der Waals surface area (Å²) in [5.41, 5.74) is 3.48. The minimum atomic E-state index is -0.259. The van der Waals surface area contributed by atoms with Gasteiger partial charge in [-0.2, -0.15) is 5.26 Å². The molecule has 0 bridgehead atoms. The first-order chi connectivity index (χ1) is 16.1. The lowest BCUT2D eigenvalue weighted by atomic mass is 10.1. The summed E-state index contributed by atoms with van der Waals surface area (Å²) in [6, 6.07) is 21.0. The van der Waals surface area contributed by atoms with E-state index in [4.69, 9.17) is 9.68 Å². The molecule has 4 aromatic rings. The number of nitrogens with zero attached hydrogens (tertiary/aromatic N) is 5. The van der Waals surface area contributed by atoms with E-state index in [0.717, 1.165) is 28.4 Å². The molecule has 2 aromatic heterocycles. The zero-order chi connectivity index (χ0) is 22.8. The maximum Gasteiger partial charge on any atom is 0.240 e. The van der Waals surface area contributed by atoms with Gasteiger partial charge >= 0.3 is 0 Å². The summed E-state index contributed by atoms with van der Waals surface area (Å²) in [7, 11) is 0. The van der Waals surface area contributed by atoms with Crippen molar-refractivity contribution in [3.63, 3.8) is 0 Å². The largest absolute Gasteiger partial charge is 0.467 e. The molecule has 1 fully saturated rings. The molecule has 0 radical (unpaired) electrons. The second-order valence-electron chi connectivity index (χ2n) is 7.83. The number of hydrogen-bond donors (Lipinski definition) is 0. The molecular formula is C25H21N5O2S. The average Bonchev–Trinajstić information content (AvgIpc) is 3.57. The quantitative estimate of drug-likeness (QED) is 0.420. The fourth-order valence-corrected chi connectivity index (χ4v) is 5.03. The van der Waals surface area contributed by atoms with Gasteiger partial charge in [0.1, 0.15) is 5.76 Å². The Morgan fingerprint density at radius 2 is 1.94 bits per heavy atom. The van der Waals surface area contributed by atoms with Gasteiger partial charge in [0.15, 0.2) is 11.0 Å². The number of amides is 1. The molecule has 3 heterocycles. The van der Waals surface area contributed by atoms with Crippen LogP contribution in [0.25, 0.3) is 11.4 Å². The zero-order valence-electron chi connectivity index (χ0n) is 18.0. The van der Waals surface area contributed by atoms with Gasteiger partial charge in [-0.05, 0) is 55.3 Å².